The number of aryl methyl sites for hydroxylation is 1. The van der Waals surface area contributed by atoms with E-state index in [1.165, 1.54) is 29.2 Å². The minimum absolute atomic E-state index is 0.0403. The molecule has 1 N–H and O–H groups in total. The predicted octanol–water partition coefficient (Wildman–Crippen LogP) is 6.54. The molecule has 1 aliphatic rings. The quantitative estimate of drug-likeness (QED) is 0.285. The highest BCUT2D eigenvalue weighted by Crippen LogP contribution is 2.39. The van der Waals surface area contributed by atoms with Crippen LogP contribution in [0.5, 0.6) is 0 Å². The lowest BCUT2D eigenvalue weighted by Crippen LogP contribution is -2.43. The summed E-state index contributed by atoms with van der Waals surface area (Å²) in [6, 6.07) is 9.75. The zero-order chi connectivity index (χ0) is 26.3. The van der Waals surface area contributed by atoms with Crippen LogP contribution in [0.25, 0.3) is 0 Å². The summed E-state index contributed by atoms with van der Waals surface area (Å²) in [5.41, 5.74) is -3.81. The highest BCUT2D eigenvalue weighted by molar-refractivity contribution is 8.00. The number of nitrogens with one attached hydrogen (secondary N) is 1. The maximum Gasteiger partial charge on any atom is 0.446 e. The van der Waals surface area contributed by atoms with Crippen molar-refractivity contribution >= 4 is 52.6 Å². The van der Waals surface area contributed by atoms with E-state index in [2.05, 4.69) is 15.3 Å². The summed E-state index contributed by atoms with van der Waals surface area (Å²) in [5, 5.41) is 3.47. The molecule has 0 saturated carbocycles. The first-order chi connectivity index (χ1) is 16.8. The Morgan fingerprint density at radius 3 is 2.42 bits per heavy atom. The Balaban J connectivity index is 1.54. The second-order valence-corrected chi connectivity index (χ2v) is 10.2. The van der Waals surface area contributed by atoms with Gasteiger partial charge in [-0.3, -0.25) is 4.79 Å². The fourth-order valence-electron chi connectivity index (χ4n) is 3.70. The third kappa shape index (κ3) is 5.41. The molecular formula is C24H21ClF3N5O2S. The lowest BCUT2D eigenvalue weighted by molar-refractivity contribution is -0.123. The summed E-state index contributed by atoms with van der Waals surface area (Å²) in [6.45, 7) is 5.22. The number of urea groups is 1. The summed E-state index contributed by atoms with van der Waals surface area (Å²) in [6.07, 6.45) is 3.22. The van der Waals surface area contributed by atoms with E-state index in [0.29, 0.717) is 22.2 Å². The third-order valence-electron chi connectivity index (χ3n) is 5.54. The number of nitrogens with zero attached hydrogens (tertiary/aromatic N) is 4. The number of imide groups is 1. The Hall–Kier alpha value is -3.31. The molecule has 12 heteroatoms. The van der Waals surface area contributed by atoms with E-state index in [1.54, 1.807) is 44.4 Å². The zero-order valence-electron chi connectivity index (χ0n) is 19.4. The van der Waals surface area contributed by atoms with Crippen LogP contribution in [-0.4, -0.2) is 37.9 Å². The number of rotatable bonds is 6. The maximum atomic E-state index is 13.3. The second kappa shape index (κ2) is 9.62. The van der Waals surface area contributed by atoms with Crippen molar-refractivity contribution in [2.45, 2.75) is 43.3 Å². The molecule has 0 aliphatic carbocycles. The number of hydrogen-bond acceptors (Lipinski definition) is 6. The summed E-state index contributed by atoms with van der Waals surface area (Å²) in [4.78, 5) is 37.3. The Labute approximate surface area is 214 Å². The number of pyridine rings is 2. The van der Waals surface area contributed by atoms with E-state index < -0.39 is 23.0 Å². The minimum atomic E-state index is -4.43. The molecular weight excluding hydrogens is 515 g/mol. The Kier molecular flexibility index (Phi) is 6.89. The van der Waals surface area contributed by atoms with Gasteiger partial charge in [-0.15, -0.1) is 0 Å². The average Bonchev–Trinajstić information content (AvgIpc) is 2.95. The van der Waals surface area contributed by atoms with Gasteiger partial charge in [0.05, 0.1) is 10.7 Å². The number of alkyl halides is 3. The predicted molar refractivity (Wildman–Crippen MR) is 132 cm³/mol. The van der Waals surface area contributed by atoms with Crippen molar-refractivity contribution in [2.24, 2.45) is 0 Å². The Bertz CT molecular complexity index is 1320. The molecule has 7 nitrogen and oxygen atoms in total. The molecule has 3 heterocycles. The van der Waals surface area contributed by atoms with Gasteiger partial charge in [0.2, 0.25) is 0 Å². The van der Waals surface area contributed by atoms with E-state index in [0.717, 1.165) is 10.5 Å². The molecule has 0 atom stereocenters. The third-order valence-corrected chi connectivity index (χ3v) is 6.57. The van der Waals surface area contributed by atoms with Crippen molar-refractivity contribution in [1.29, 1.82) is 0 Å². The van der Waals surface area contributed by atoms with Crippen LogP contribution in [-0.2, 0) is 11.3 Å². The van der Waals surface area contributed by atoms with Crippen molar-refractivity contribution in [3.05, 3.63) is 71.0 Å². The smallest absolute Gasteiger partial charge is 0.324 e. The van der Waals surface area contributed by atoms with E-state index in [4.69, 9.17) is 11.6 Å². The first-order valence-corrected chi connectivity index (χ1v) is 11.9. The summed E-state index contributed by atoms with van der Waals surface area (Å²) in [5.74, 6) is 0.404. The number of amides is 3. The molecule has 0 radical (unpaired) electrons. The van der Waals surface area contributed by atoms with Crippen molar-refractivity contribution < 1.29 is 22.8 Å². The van der Waals surface area contributed by atoms with E-state index >= 15 is 0 Å². The van der Waals surface area contributed by atoms with Gasteiger partial charge in [0.15, 0.2) is 0 Å². The normalized spacial score (nSPS) is 15.5. The van der Waals surface area contributed by atoms with Crippen LogP contribution in [0.2, 0.25) is 5.02 Å². The molecule has 36 heavy (non-hydrogen) atoms. The Morgan fingerprint density at radius 2 is 1.78 bits per heavy atom. The largest absolute Gasteiger partial charge is 0.446 e. The minimum Gasteiger partial charge on any atom is -0.324 e. The maximum absolute atomic E-state index is 13.3. The van der Waals surface area contributed by atoms with E-state index in [1.807, 2.05) is 6.92 Å². The first kappa shape index (κ1) is 25.8. The fraction of sp³-hybridized carbons (Fsp3) is 0.250. The highest BCUT2D eigenvalue weighted by Gasteiger charge is 2.51. The van der Waals surface area contributed by atoms with Crippen molar-refractivity contribution in [3.8, 4) is 0 Å². The molecule has 3 aromatic rings. The molecule has 1 saturated heterocycles. The number of hydrogen-bond donors (Lipinski definition) is 1. The molecule has 0 bridgehead atoms. The number of benzene rings is 1. The molecule has 4 rings (SSSR count). The number of anilines is 3. The molecule has 3 amide bonds. The molecule has 2 aromatic heterocycles. The van der Waals surface area contributed by atoms with Crippen molar-refractivity contribution in [3.63, 3.8) is 0 Å². The van der Waals surface area contributed by atoms with Crippen LogP contribution in [0, 0.1) is 6.92 Å². The first-order valence-electron chi connectivity index (χ1n) is 10.7. The molecule has 1 aromatic carbocycles. The number of aromatic nitrogens is 2. The van der Waals surface area contributed by atoms with Gasteiger partial charge in [-0.2, -0.15) is 13.2 Å². The van der Waals surface area contributed by atoms with Crippen molar-refractivity contribution in [1.82, 2.24) is 14.9 Å². The van der Waals surface area contributed by atoms with Gasteiger partial charge in [-0.1, -0.05) is 11.6 Å². The van der Waals surface area contributed by atoms with Crippen LogP contribution < -0.4 is 10.2 Å². The standard InChI is InChI=1S/C24H21ClF3N5O2S/c1-14-10-18(25)20(30-12-14)31-19-11-15(8-9-29-19)13-32-22(35)33(21(34)23(32,2)3)16-4-6-17(7-5-16)36-24(26,27)28/h4-12H,13H2,1-3H3,(H,29,30,31). The monoisotopic (exact) mass is 535 g/mol. The van der Waals surface area contributed by atoms with Gasteiger partial charge in [-0.05, 0) is 86.1 Å². The van der Waals surface area contributed by atoms with Gasteiger partial charge in [0, 0.05) is 23.8 Å². The summed E-state index contributed by atoms with van der Waals surface area (Å²) >= 11 is 5.97. The van der Waals surface area contributed by atoms with Crippen molar-refractivity contribution in [2.75, 3.05) is 10.2 Å². The van der Waals surface area contributed by atoms with Crippen LogP contribution >= 0.6 is 23.4 Å². The summed E-state index contributed by atoms with van der Waals surface area (Å²) < 4.78 is 37.9. The van der Waals surface area contributed by atoms with Crippen LogP contribution in [0.15, 0.2) is 59.8 Å². The molecule has 0 spiro atoms. The average molecular weight is 536 g/mol. The van der Waals surface area contributed by atoms with Crippen LogP contribution in [0.3, 0.4) is 0 Å². The van der Waals surface area contributed by atoms with Crippen LogP contribution in [0.4, 0.5) is 35.3 Å². The van der Waals surface area contributed by atoms with Gasteiger partial charge in [0.25, 0.3) is 5.91 Å². The zero-order valence-corrected chi connectivity index (χ0v) is 21.0. The van der Waals surface area contributed by atoms with Gasteiger partial charge >= 0.3 is 11.5 Å². The van der Waals surface area contributed by atoms with Gasteiger partial charge in [0.1, 0.15) is 17.2 Å². The van der Waals surface area contributed by atoms with Gasteiger partial charge < -0.3 is 10.2 Å². The molecule has 188 valence electrons. The summed E-state index contributed by atoms with van der Waals surface area (Å²) in [7, 11) is 0. The fourth-order valence-corrected chi connectivity index (χ4v) is 4.50. The number of halogens is 4. The van der Waals surface area contributed by atoms with Gasteiger partial charge in [-0.25, -0.2) is 19.7 Å². The van der Waals surface area contributed by atoms with Crippen LogP contribution in [0.1, 0.15) is 25.0 Å². The Morgan fingerprint density at radius 1 is 1.08 bits per heavy atom. The SMILES string of the molecule is Cc1cnc(Nc2cc(CN3C(=O)N(c4ccc(SC(F)(F)F)cc4)C(=O)C3(C)C)ccn2)c(Cl)c1. The number of carbonyl (C=O) groups excluding carboxylic acids is 2. The topological polar surface area (TPSA) is 78.4 Å². The molecule has 0 unspecified atom stereocenters. The number of carbonyl (C=O) groups is 2. The molecule has 1 aliphatic heterocycles. The lowest BCUT2D eigenvalue weighted by atomic mass is 10.0. The number of thioether (sulfide) groups is 1. The van der Waals surface area contributed by atoms with E-state index in [-0.39, 0.29) is 28.9 Å². The van der Waals surface area contributed by atoms with E-state index in [9.17, 15) is 22.8 Å². The lowest BCUT2D eigenvalue weighted by Gasteiger charge is -2.27. The molecule has 1 fully saturated rings. The highest BCUT2D eigenvalue weighted by atomic mass is 35.5. The second-order valence-electron chi connectivity index (χ2n) is 8.63.